The van der Waals surface area contributed by atoms with Gasteiger partial charge in [0.25, 0.3) is 0 Å². The summed E-state index contributed by atoms with van der Waals surface area (Å²) in [6, 6.07) is 14.5. The summed E-state index contributed by atoms with van der Waals surface area (Å²) in [6.07, 6.45) is 1.78. The predicted octanol–water partition coefficient (Wildman–Crippen LogP) is 5.65. The molecule has 4 nitrogen and oxygen atoms in total. The van der Waals surface area contributed by atoms with Gasteiger partial charge in [-0.3, -0.25) is 0 Å². The fourth-order valence-corrected chi connectivity index (χ4v) is 3.91. The maximum absolute atomic E-state index is 4.50. The molecule has 0 aliphatic heterocycles. The number of nitrogens with one attached hydrogen (secondary N) is 2. The van der Waals surface area contributed by atoms with E-state index in [0.29, 0.717) is 11.9 Å². The first-order chi connectivity index (χ1) is 12.1. The molecule has 2 N–H and O–H groups in total. The van der Waals surface area contributed by atoms with E-state index in [2.05, 4.69) is 80.7 Å². The molecule has 0 atom stereocenters. The molecule has 0 aliphatic rings. The summed E-state index contributed by atoms with van der Waals surface area (Å²) in [5, 5.41) is 6.63. The molecule has 130 valence electrons. The van der Waals surface area contributed by atoms with Crippen LogP contribution in [-0.4, -0.2) is 16.5 Å². The molecular weight excluding hydrogens is 396 g/mol. The minimum Gasteiger partial charge on any atom is -0.365 e. The molecule has 25 heavy (non-hydrogen) atoms. The van der Waals surface area contributed by atoms with Crippen LogP contribution in [0.25, 0.3) is 10.4 Å². The average molecular weight is 417 g/mol. The lowest BCUT2D eigenvalue weighted by atomic mass is 10.2. The summed E-state index contributed by atoms with van der Waals surface area (Å²) in [5.74, 6) is 2.05. The van der Waals surface area contributed by atoms with Crippen LogP contribution in [0.1, 0.15) is 18.7 Å². The molecule has 0 bridgehead atoms. The van der Waals surface area contributed by atoms with Crippen molar-refractivity contribution in [3.63, 3.8) is 0 Å². The van der Waals surface area contributed by atoms with E-state index >= 15 is 0 Å². The first-order valence-corrected chi connectivity index (χ1v) is 9.87. The normalized spacial score (nSPS) is 10.9. The highest BCUT2D eigenvalue weighted by molar-refractivity contribution is 9.10. The Morgan fingerprint density at radius 3 is 2.72 bits per heavy atom. The largest absolute Gasteiger partial charge is 0.365 e. The van der Waals surface area contributed by atoms with Crippen molar-refractivity contribution in [1.82, 2.24) is 9.97 Å². The zero-order valence-electron chi connectivity index (χ0n) is 14.3. The number of rotatable bonds is 7. The fourth-order valence-electron chi connectivity index (χ4n) is 2.29. The summed E-state index contributed by atoms with van der Waals surface area (Å²) in [6.45, 7) is 5.93. The Morgan fingerprint density at radius 2 is 1.92 bits per heavy atom. The number of nitrogens with zero attached hydrogens (tertiary/aromatic N) is 2. The van der Waals surface area contributed by atoms with E-state index in [1.165, 1.54) is 15.3 Å². The molecule has 0 amide bonds. The molecule has 6 heteroatoms. The fraction of sp³-hybridized carbons (Fsp3) is 0.263. The number of hydrogen-bond acceptors (Lipinski definition) is 5. The lowest BCUT2D eigenvalue weighted by Crippen LogP contribution is -2.11. The Hall–Kier alpha value is -1.92. The molecule has 0 radical (unpaired) electrons. The van der Waals surface area contributed by atoms with Gasteiger partial charge in [0.15, 0.2) is 0 Å². The number of halogens is 1. The smallest absolute Gasteiger partial charge is 0.224 e. The lowest BCUT2D eigenvalue weighted by Gasteiger charge is -2.09. The number of thiophene rings is 1. The van der Waals surface area contributed by atoms with Crippen molar-refractivity contribution < 1.29 is 0 Å². The van der Waals surface area contributed by atoms with Crippen molar-refractivity contribution in [1.29, 1.82) is 0 Å². The number of anilines is 2. The summed E-state index contributed by atoms with van der Waals surface area (Å²) in [4.78, 5) is 11.3. The molecule has 3 rings (SSSR count). The second kappa shape index (κ2) is 8.45. The third kappa shape index (κ3) is 5.03. The van der Waals surface area contributed by atoms with Gasteiger partial charge in [0.05, 0.1) is 6.54 Å². The summed E-state index contributed by atoms with van der Waals surface area (Å²) in [7, 11) is 0. The van der Waals surface area contributed by atoms with Gasteiger partial charge in [-0.1, -0.05) is 48.0 Å². The SMILES string of the molecule is CC(C)CNc1nccc(NCc2ccc(-c3ccccc3Br)s2)n1. The van der Waals surface area contributed by atoms with Gasteiger partial charge >= 0.3 is 0 Å². The van der Waals surface area contributed by atoms with Crippen LogP contribution < -0.4 is 10.6 Å². The first-order valence-electron chi connectivity index (χ1n) is 8.26. The molecule has 0 spiro atoms. The van der Waals surface area contributed by atoms with Gasteiger partial charge in [0.1, 0.15) is 5.82 Å². The zero-order chi connectivity index (χ0) is 17.6. The molecule has 0 aliphatic carbocycles. The second-order valence-corrected chi connectivity index (χ2v) is 8.16. The van der Waals surface area contributed by atoms with Crippen molar-refractivity contribution in [2.45, 2.75) is 20.4 Å². The van der Waals surface area contributed by atoms with Crippen LogP contribution in [0.15, 0.2) is 53.1 Å². The topological polar surface area (TPSA) is 49.8 Å². The number of benzene rings is 1. The van der Waals surface area contributed by atoms with E-state index < -0.39 is 0 Å². The van der Waals surface area contributed by atoms with Gasteiger partial charge in [0, 0.05) is 32.5 Å². The van der Waals surface area contributed by atoms with E-state index in [0.717, 1.165) is 23.4 Å². The predicted molar refractivity (Wildman–Crippen MR) is 110 cm³/mol. The summed E-state index contributed by atoms with van der Waals surface area (Å²) in [5.41, 5.74) is 1.22. The molecule has 1 aromatic carbocycles. The third-order valence-corrected chi connectivity index (χ3v) is 5.38. The second-order valence-electron chi connectivity index (χ2n) is 6.14. The van der Waals surface area contributed by atoms with E-state index in [4.69, 9.17) is 0 Å². The quantitative estimate of drug-likeness (QED) is 0.522. The minimum absolute atomic E-state index is 0.557. The number of hydrogen-bond donors (Lipinski definition) is 2. The van der Waals surface area contributed by atoms with Crippen molar-refractivity contribution in [2.24, 2.45) is 5.92 Å². The lowest BCUT2D eigenvalue weighted by molar-refractivity contribution is 0.684. The molecule has 0 saturated carbocycles. The van der Waals surface area contributed by atoms with E-state index in [9.17, 15) is 0 Å². The van der Waals surface area contributed by atoms with Crippen LogP contribution in [0.3, 0.4) is 0 Å². The summed E-state index contributed by atoms with van der Waals surface area (Å²) < 4.78 is 1.12. The van der Waals surface area contributed by atoms with Gasteiger partial charge in [-0.2, -0.15) is 4.98 Å². The Morgan fingerprint density at radius 1 is 1.08 bits per heavy atom. The van der Waals surface area contributed by atoms with Crippen LogP contribution in [0.2, 0.25) is 0 Å². The molecule has 2 aromatic heterocycles. The van der Waals surface area contributed by atoms with Crippen LogP contribution >= 0.6 is 27.3 Å². The van der Waals surface area contributed by atoms with Gasteiger partial charge in [-0.25, -0.2) is 4.98 Å². The van der Waals surface area contributed by atoms with E-state index in [1.807, 2.05) is 12.1 Å². The van der Waals surface area contributed by atoms with E-state index in [-0.39, 0.29) is 0 Å². The molecule has 0 fully saturated rings. The first kappa shape index (κ1) is 17.9. The van der Waals surface area contributed by atoms with E-state index in [1.54, 1.807) is 17.5 Å². The molecule has 3 aromatic rings. The molecule has 0 saturated heterocycles. The molecule has 2 heterocycles. The van der Waals surface area contributed by atoms with Gasteiger partial charge < -0.3 is 10.6 Å². The highest BCUT2D eigenvalue weighted by atomic mass is 79.9. The number of aromatic nitrogens is 2. The third-order valence-electron chi connectivity index (χ3n) is 3.57. The zero-order valence-corrected chi connectivity index (χ0v) is 16.7. The Kier molecular flexibility index (Phi) is 6.04. The highest BCUT2D eigenvalue weighted by Gasteiger charge is 2.06. The highest BCUT2D eigenvalue weighted by Crippen LogP contribution is 2.33. The van der Waals surface area contributed by atoms with Crippen LogP contribution in [0.4, 0.5) is 11.8 Å². The Labute approximate surface area is 160 Å². The maximum atomic E-state index is 4.50. The van der Waals surface area contributed by atoms with Gasteiger partial charge in [-0.15, -0.1) is 11.3 Å². The van der Waals surface area contributed by atoms with Gasteiger partial charge in [-0.05, 0) is 30.2 Å². The van der Waals surface area contributed by atoms with Crippen molar-refractivity contribution in [2.75, 3.05) is 17.2 Å². The average Bonchev–Trinajstić information content (AvgIpc) is 3.08. The maximum Gasteiger partial charge on any atom is 0.224 e. The minimum atomic E-state index is 0.557. The van der Waals surface area contributed by atoms with Crippen molar-refractivity contribution in [3.05, 3.63) is 58.0 Å². The summed E-state index contributed by atoms with van der Waals surface area (Å²) >= 11 is 5.40. The Balaban J connectivity index is 1.63. The van der Waals surface area contributed by atoms with Crippen LogP contribution in [0, 0.1) is 5.92 Å². The van der Waals surface area contributed by atoms with Crippen molar-refractivity contribution in [3.8, 4) is 10.4 Å². The standard InChI is InChI=1S/C19H21BrN4S/c1-13(2)11-23-19-21-10-9-18(24-19)22-12-14-7-8-17(25-14)15-5-3-4-6-16(15)20/h3-10,13H,11-12H2,1-2H3,(H2,21,22,23,24). The van der Waals surface area contributed by atoms with Crippen LogP contribution in [0.5, 0.6) is 0 Å². The monoisotopic (exact) mass is 416 g/mol. The Bertz CT molecular complexity index is 832. The molecule has 0 unspecified atom stereocenters. The van der Waals surface area contributed by atoms with Crippen LogP contribution in [-0.2, 0) is 6.54 Å². The van der Waals surface area contributed by atoms with Gasteiger partial charge in [0.2, 0.25) is 5.95 Å². The van der Waals surface area contributed by atoms with Crippen molar-refractivity contribution >= 4 is 39.0 Å². The molecular formula is C19H21BrN4S.